The Bertz CT molecular complexity index is 919. The number of benzene rings is 3. The minimum Gasteiger partial charge on any atom is -0.507 e. The van der Waals surface area contributed by atoms with E-state index in [0.717, 1.165) is 34.2 Å². The molecule has 0 fully saturated rings. The molecule has 4 rings (SSSR count). The highest BCUT2D eigenvalue weighted by Gasteiger charge is 2.21. The van der Waals surface area contributed by atoms with Crippen LogP contribution in [0.15, 0.2) is 60.7 Å². The van der Waals surface area contributed by atoms with E-state index in [-0.39, 0.29) is 23.3 Å². The van der Waals surface area contributed by atoms with Crippen molar-refractivity contribution in [2.45, 2.75) is 19.0 Å². The maximum Gasteiger partial charge on any atom is 0.157 e. The molecule has 0 aliphatic carbocycles. The van der Waals surface area contributed by atoms with Crippen molar-refractivity contribution in [3.8, 4) is 28.4 Å². The summed E-state index contributed by atoms with van der Waals surface area (Å²) in [5, 5.41) is 32.8. The standard InChI is InChI=1S/C21H19NO3/c23-19-4-2-1-3-17(19)13-5-7-14(8-6-13)18-9-15-10-20(24)21(25)11-16(15)12-22-18/h1-8,10-11,18,22-25H,9,12H2. The van der Waals surface area contributed by atoms with Crippen LogP contribution in [0.4, 0.5) is 0 Å². The fourth-order valence-corrected chi connectivity index (χ4v) is 3.39. The Morgan fingerprint density at radius 1 is 0.760 bits per heavy atom. The van der Waals surface area contributed by atoms with E-state index in [9.17, 15) is 15.3 Å². The van der Waals surface area contributed by atoms with Gasteiger partial charge in [-0.15, -0.1) is 0 Å². The van der Waals surface area contributed by atoms with Gasteiger partial charge in [-0.25, -0.2) is 0 Å². The van der Waals surface area contributed by atoms with E-state index in [1.165, 1.54) is 0 Å². The van der Waals surface area contributed by atoms with E-state index in [1.54, 1.807) is 18.2 Å². The number of hydrogen-bond acceptors (Lipinski definition) is 4. The Morgan fingerprint density at radius 2 is 1.44 bits per heavy atom. The predicted octanol–water partition coefficient (Wildman–Crippen LogP) is 3.86. The van der Waals surface area contributed by atoms with Crippen LogP contribution >= 0.6 is 0 Å². The first kappa shape index (κ1) is 15.5. The lowest BCUT2D eigenvalue weighted by atomic mass is 9.90. The van der Waals surface area contributed by atoms with Gasteiger partial charge in [-0.05, 0) is 46.9 Å². The van der Waals surface area contributed by atoms with Gasteiger partial charge in [0.15, 0.2) is 11.5 Å². The molecule has 0 amide bonds. The molecule has 0 radical (unpaired) electrons. The summed E-state index contributed by atoms with van der Waals surface area (Å²) in [4.78, 5) is 0. The molecular formula is C21H19NO3. The van der Waals surface area contributed by atoms with Crippen molar-refractivity contribution in [3.63, 3.8) is 0 Å². The van der Waals surface area contributed by atoms with Gasteiger partial charge in [0.1, 0.15) is 5.75 Å². The molecule has 1 heterocycles. The Labute approximate surface area is 146 Å². The first-order chi connectivity index (χ1) is 12.1. The van der Waals surface area contributed by atoms with E-state index in [0.29, 0.717) is 6.54 Å². The van der Waals surface area contributed by atoms with Gasteiger partial charge in [-0.3, -0.25) is 0 Å². The maximum absolute atomic E-state index is 9.98. The first-order valence-electron chi connectivity index (χ1n) is 8.27. The second kappa shape index (κ2) is 6.15. The van der Waals surface area contributed by atoms with Gasteiger partial charge in [0.25, 0.3) is 0 Å². The van der Waals surface area contributed by atoms with E-state index in [4.69, 9.17) is 0 Å². The lowest BCUT2D eigenvalue weighted by Crippen LogP contribution is -2.28. The molecule has 25 heavy (non-hydrogen) atoms. The van der Waals surface area contributed by atoms with Gasteiger partial charge < -0.3 is 20.6 Å². The highest BCUT2D eigenvalue weighted by Crippen LogP contribution is 2.35. The number of aromatic hydroxyl groups is 3. The first-order valence-corrected chi connectivity index (χ1v) is 8.27. The third-order valence-electron chi connectivity index (χ3n) is 4.79. The van der Waals surface area contributed by atoms with Gasteiger partial charge >= 0.3 is 0 Å². The summed E-state index contributed by atoms with van der Waals surface area (Å²) in [6.07, 6.45) is 0.749. The zero-order valence-corrected chi connectivity index (χ0v) is 13.6. The van der Waals surface area contributed by atoms with Crippen LogP contribution in [0, 0.1) is 0 Å². The van der Waals surface area contributed by atoms with Gasteiger partial charge in [0.2, 0.25) is 0 Å². The molecule has 1 atom stereocenters. The lowest BCUT2D eigenvalue weighted by molar-refractivity contribution is 0.399. The quantitative estimate of drug-likeness (QED) is 0.537. The smallest absolute Gasteiger partial charge is 0.157 e. The van der Waals surface area contributed by atoms with Crippen LogP contribution in [0.3, 0.4) is 0 Å². The highest BCUT2D eigenvalue weighted by atomic mass is 16.3. The molecule has 0 bridgehead atoms. The molecule has 126 valence electrons. The molecular weight excluding hydrogens is 314 g/mol. The second-order valence-corrected chi connectivity index (χ2v) is 6.39. The van der Waals surface area contributed by atoms with Crippen molar-refractivity contribution in [2.24, 2.45) is 0 Å². The minimum absolute atomic E-state index is 0.0747. The Hall–Kier alpha value is -2.98. The van der Waals surface area contributed by atoms with Gasteiger partial charge in [-0.2, -0.15) is 0 Å². The Balaban J connectivity index is 1.59. The van der Waals surface area contributed by atoms with Crippen molar-refractivity contribution in [1.82, 2.24) is 5.32 Å². The zero-order valence-electron chi connectivity index (χ0n) is 13.6. The summed E-state index contributed by atoms with van der Waals surface area (Å²) in [5.74, 6) is 0.121. The summed E-state index contributed by atoms with van der Waals surface area (Å²) in [7, 11) is 0. The van der Waals surface area contributed by atoms with Crippen LogP contribution in [0.1, 0.15) is 22.7 Å². The van der Waals surface area contributed by atoms with E-state index in [1.807, 2.05) is 30.3 Å². The van der Waals surface area contributed by atoms with Crippen molar-refractivity contribution < 1.29 is 15.3 Å². The van der Waals surface area contributed by atoms with Crippen LogP contribution in [0.5, 0.6) is 17.2 Å². The van der Waals surface area contributed by atoms with Crippen LogP contribution < -0.4 is 5.32 Å². The van der Waals surface area contributed by atoms with Crippen molar-refractivity contribution in [3.05, 3.63) is 77.4 Å². The number of para-hydroxylation sites is 1. The van der Waals surface area contributed by atoms with Crippen LogP contribution in [0.25, 0.3) is 11.1 Å². The van der Waals surface area contributed by atoms with Crippen LogP contribution in [-0.2, 0) is 13.0 Å². The molecule has 3 aromatic rings. The summed E-state index contributed by atoms with van der Waals surface area (Å²) < 4.78 is 0. The van der Waals surface area contributed by atoms with E-state index < -0.39 is 0 Å². The number of phenols is 3. The molecule has 4 heteroatoms. The number of hydrogen-bond donors (Lipinski definition) is 4. The summed E-state index contributed by atoms with van der Waals surface area (Å²) >= 11 is 0. The van der Waals surface area contributed by atoms with Gasteiger partial charge in [0, 0.05) is 18.2 Å². The fraction of sp³-hybridized carbons (Fsp3) is 0.143. The number of rotatable bonds is 2. The topological polar surface area (TPSA) is 72.7 Å². The average Bonchev–Trinajstić information content (AvgIpc) is 2.63. The molecule has 0 aromatic heterocycles. The second-order valence-electron chi connectivity index (χ2n) is 6.39. The van der Waals surface area contributed by atoms with Crippen LogP contribution in [0.2, 0.25) is 0 Å². The Morgan fingerprint density at radius 3 is 2.16 bits per heavy atom. The molecule has 0 saturated carbocycles. The van der Waals surface area contributed by atoms with Crippen molar-refractivity contribution >= 4 is 0 Å². The largest absolute Gasteiger partial charge is 0.507 e. The summed E-state index contributed by atoms with van der Waals surface area (Å²) in [5.41, 5.74) is 5.00. The number of nitrogens with one attached hydrogen (secondary N) is 1. The molecule has 4 N–H and O–H groups in total. The molecule has 0 spiro atoms. The number of phenolic OH excluding ortho intramolecular Hbond substituents is 3. The third kappa shape index (κ3) is 2.92. The molecule has 0 saturated heterocycles. The van der Waals surface area contributed by atoms with Gasteiger partial charge in [-0.1, -0.05) is 42.5 Å². The average molecular weight is 333 g/mol. The molecule has 3 aromatic carbocycles. The van der Waals surface area contributed by atoms with E-state index in [2.05, 4.69) is 17.4 Å². The molecule has 1 unspecified atom stereocenters. The monoisotopic (exact) mass is 333 g/mol. The normalized spacial score (nSPS) is 16.4. The SMILES string of the molecule is Oc1cc2c(cc1O)CC(c1ccc(-c3ccccc3O)cc1)NC2. The van der Waals surface area contributed by atoms with E-state index >= 15 is 0 Å². The maximum atomic E-state index is 9.98. The van der Waals surface area contributed by atoms with Gasteiger partial charge in [0.05, 0.1) is 0 Å². The summed E-state index contributed by atoms with van der Waals surface area (Å²) in [6, 6.07) is 18.9. The third-order valence-corrected chi connectivity index (χ3v) is 4.79. The summed E-state index contributed by atoms with van der Waals surface area (Å²) in [6.45, 7) is 0.648. The van der Waals surface area contributed by atoms with Crippen LogP contribution in [-0.4, -0.2) is 15.3 Å². The number of fused-ring (bicyclic) bond motifs is 1. The molecule has 1 aliphatic rings. The molecule has 1 aliphatic heterocycles. The minimum atomic E-state index is -0.0778. The fourth-order valence-electron chi connectivity index (χ4n) is 3.39. The van der Waals surface area contributed by atoms with Crippen molar-refractivity contribution in [1.29, 1.82) is 0 Å². The van der Waals surface area contributed by atoms with Crippen molar-refractivity contribution in [2.75, 3.05) is 0 Å². The predicted molar refractivity (Wildman–Crippen MR) is 96.6 cm³/mol. The molecule has 4 nitrogen and oxygen atoms in total. The lowest BCUT2D eigenvalue weighted by Gasteiger charge is -2.27. The Kier molecular flexibility index (Phi) is 3.82. The highest BCUT2D eigenvalue weighted by molar-refractivity contribution is 5.70. The zero-order chi connectivity index (χ0) is 17.4.